The molecule has 1 aromatic heterocycles. The Kier molecular flexibility index (Phi) is 5.65. The van der Waals surface area contributed by atoms with E-state index in [0.717, 1.165) is 6.42 Å². The molecule has 1 atom stereocenters. The van der Waals surface area contributed by atoms with Crippen molar-refractivity contribution >= 4 is 28.2 Å². The molecule has 27 heavy (non-hydrogen) atoms. The average Bonchev–Trinajstić information content (AvgIpc) is 3.27. The highest BCUT2D eigenvalue weighted by Crippen LogP contribution is 2.33. The minimum atomic E-state index is -4.61. The molecular formula is C15H15F3N4O4S. The lowest BCUT2D eigenvalue weighted by Crippen LogP contribution is -2.20. The van der Waals surface area contributed by atoms with Crippen LogP contribution >= 0.6 is 11.3 Å². The topological polar surface area (TPSA) is 94.6 Å². The van der Waals surface area contributed by atoms with Crippen molar-refractivity contribution in [3.8, 4) is 11.5 Å². The molecule has 1 unspecified atom stereocenters. The first kappa shape index (κ1) is 19.2. The number of rotatable bonds is 5. The van der Waals surface area contributed by atoms with E-state index in [0.29, 0.717) is 30.4 Å². The van der Waals surface area contributed by atoms with Crippen LogP contribution in [0, 0.1) is 0 Å². The Hall–Kier alpha value is -2.60. The molecule has 0 saturated carbocycles. The van der Waals surface area contributed by atoms with Crippen molar-refractivity contribution in [3.63, 3.8) is 0 Å². The second-order valence-electron chi connectivity index (χ2n) is 5.45. The Morgan fingerprint density at radius 1 is 1.33 bits per heavy atom. The van der Waals surface area contributed by atoms with Crippen molar-refractivity contribution in [2.45, 2.75) is 18.7 Å². The predicted molar refractivity (Wildman–Crippen MR) is 90.4 cm³/mol. The molecule has 1 aliphatic heterocycles. The van der Waals surface area contributed by atoms with Crippen LogP contribution in [0.25, 0.3) is 0 Å². The Labute approximate surface area is 155 Å². The van der Waals surface area contributed by atoms with Crippen LogP contribution in [0.4, 0.5) is 28.8 Å². The molecule has 1 fully saturated rings. The van der Waals surface area contributed by atoms with Crippen LogP contribution in [-0.2, 0) is 10.9 Å². The summed E-state index contributed by atoms with van der Waals surface area (Å²) in [5.74, 6) is 0.877. The Bertz CT molecular complexity index is 809. The number of aromatic nitrogens is 2. The smallest absolute Gasteiger partial charge is 0.445 e. The maximum absolute atomic E-state index is 12.5. The van der Waals surface area contributed by atoms with E-state index in [1.165, 1.54) is 7.11 Å². The number of ether oxygens (including phenoxy) is 3. The summed E-state index contributed by atoms with van der Waals surface area (Å²) in [4.78, 5) is 12.0. The zero-order valence-electron chi connectivity index (χ0n) is 14.0. The van der Waals surface area contributed by atoms with Crippen molar-refractivity contribution < 1.29 is 32.2 Å². The van der Waals surface area contributed by atoms with Crippen molar-refractivity contribution in [3.05, 3.63) is 23.2 Å². The van der Waals surface area contributed by atoms with Gasteiger partial charge in [0.15, 0.2) is 0 Å². The molecule has 1 aliphatic rings. The number of methoxy groups -OCH3 is 1. The van der Waals surface area contributed by atoms with Gasteiger partial charge in [-0.15, -0.1) is 10.2 Å². The van der Waals surface area contributed by atoms with Gasteiger partial charge in [-0.3, -0.25) is 5.32 Å². The van der Waals surface area contributed by atoms with E-state index >= 15 is 0 Å². The van der Waals surface area contributed by atoms with Crippen molar-refractivity contribution in [1.82, 2.24) is 10.2 Å². The van der Waals surface area contributed by atoms with Gasteiger partial charge in [0, 0.05) is 12.5 Å². The second-order valence-corrected chi connectivity index (χ2v) is 6.43. The molecule has 2 aromatic rings. The van der Waals surface area contributed by atoms with Gasteiger partial charge in [0.25, 0.3) is 0 Å². The zero-order valence-corrected chi connectivity index (χ0v) is 14.8. The predicted octanol–water partition coefficient (Wildman–Crippen LogP) is 3.38. The molecule has 0 bridgehead atoms. The quantitative estimate of drug-likeness (QED) is 0.794. The van der Waals surface area contributed by atoms with E-state index < -0.39 is 17.2 Å². The first-order valence-corrected chi connectivity index (χ1v) is 8.58. The summed E-state index contributed by atoms with van der Waals surface area (Å²) < 4.78 is 53.7. The number of nitrogens with zero attached hydrogens (tertiary/aromatic N) is 2. The SMILES string of the molecule is COc1cc(OC2CCOC2)ccc1NC(=O)Nc1nnc(C(F)(F)F)s1. The molecule has 12 heteroatoms. The van der Waals surface area contributed by atoms with Gasteiger partial charge in [-0.05, 0) is 12.1 Å². The number of halogens is 3. The van der Waals surface area contributed by atoms with Gasteiger partial charge in [-0.25, -0.2) is 4.79 Å². The van der Waals surface area contributed by atoms with Crippen LogP contribution in [0.5, 0.6) is 11.5 Å². The van der Waals surface area contributed by atoms with E-state index in [1.807, 2.05) is 0 Å². The molecule has 2 amide bonds. The van der Waals surface area contributed by atoms with Crippen molar-refractivity contribution in [1.29, 1.82) is 0 Å². The van der Waals surface area contributed by atoms with Crippen LogP contribution in [-0.4, -0.2) is 42.7 Å². The van der Waals surface area contributed by atoms with Gasteiger partial charge in [0.1, 0.15) is 17.6 Å². The molecule has 0 radical (unpaired) electrons. The van der Waals surface area contributed by atoms with Crippen LogP contribution < -0.4 is 20.1 Å². The fourth-order valence-corrected chi connectivity index (χ4v) is 2.89. The largest absolute Gasteiger partial charge is 0.494 e. The third kappa shape index (κ3) is 4.98. The average molecular weight is 404 g/mol. The minimum Gasteiger partial charge on any atom is -0.494 e. The number of urea groups is 1. The summed E-state index contributed by atoms with van der Waals surface area (Å²) in [6, 6.07) is 4.02. The van der Waals surface area contributed by atoms with E-state index in [2.05, 4.69) is 20.8 Å². The number of carbonyl (C=O) groups excluding carboxylic acids is 1. The van der Waals surface area contributed by atoms with Crippen LogP contribution in [0.3, 0.4) is 0 Å². The number of carbonyl (C=O) groups is 1. The Morgan fingerprint density at radius 3 is 2.78 bits per heavy atom. The highest BCUT2D eigenvalue weighted by atomic mass is 32.1. The lowest BCUT2D eigenvalue weighted by Gasteiger charge is -2.15. The molecule has 2 heterocycles. The first-order chi connectivity index (χ1) is 12.8. The standard InChI is InChI=1S/C15H15F3N4O4S/c1-24-11-6-8(26-9-4-5-25-7-9)2-3-10(11)19-13(23)20-14-22-21-12(27-14)15(16,17)18/h2-3,6,9H,4-5,7H2,1H3,(H2,19,20,22,23). The summed E-state index contributed by atoms with van der Waals surface area (Å²) in [5.41, 5.74) is 0.311. The molecule has 8 nitrogen and oxygen atoms in total. The van der Waals surface area contributed by atoms with Crippen molar-refractivity contribution in [2.24, 2.45) is 0 Å². The minimum absolute atomic E-state index is 0.0444. The fourth-order valence-electron chi connectivity index (χ4n) is 2.29. The monoisotopic (exact) mass is 404 g/mol. The van der Waals surface area contributed by atoms with Crippen LogP contribution in [0.1, 0.15) is 11.4 Å². The highest BCUT2D eigenvalue weighted by molar-refractivity contribution is 7.15. The van der Waals surface area contributed by atoms with Crippen molar-refractivity contribution in [2.75, 3.05) is 31.0 Å². The Balaban J connectivity index is 1.63. The summed E-state index contributed by atoms with van der Waals surface area (Å²) in [6.45, 7) is 1.15. The molecule has 1 aromatic carbocycles. The maximum atomic E-state index is 12.5. The molecule has 2 N–H and O–H groups in total. The van der Waals surface area contributed by atoms with Gasteiger partial charge in [0.05, 0.1) is 26.0 Å². The number of anilines is 2. The van der Waals surface area contributed by atoms with Gasteiger partial charge in [-0.1, -0.05) is 11.3 Å². The molecule has 146 valence electrons. The fraction of sp³-hybridized carbons (Fsp3) is 0.400. The highest BCUT2D eigenvalue weighted by Gasteiger charge is 2.35. The zero-order chi connectivity index (χ0) is 19.4. The number of alkyl halides is 3. The molecule has 1 saturated heterocycles. The molecule has 0 spiro atoms. The van der Waals surface area contributed by atoms with E-state index in [1.54, 1.807) is 18.2 Å². The number of hydrogen-bond donors (Lipinski definition) is 2. The van der Waals surface area contributed by atoms with Crippen LogP contribution in [0.15, 0.2) is 18.2 Å². The summed E-state index contributed by atoms with van der Waals surface area (Å²) >= 11 is 0.227. The Morgan fingerprint density at radius 2 is 2.15 bits per heavy atom. The third-order valence-electron chi connectivity index (χ3n) is 3.50. The summed E-state index contributed by atoms with van der Waals surface area (Å²) in [7, 11) is 1.42. The summed E-state index contributed by atoms with van der Waals surface area (Å²) in [5, 5.41) is 9.54. The van der Waals surface area contributed by atoms with Crippen LogP contribution in [0.2, 0.25) is 0 Å². The van der Waals surface area contributed by atoms with E-state index in [9.17, 15) is 18.0 Å². The van der Waals surface area contributed by atoms with Gasteiger partial charge in [0.2, 0.25) is 10.1 Å². The summed E-state index contributed by atoms with van der Waals surface area (Å²) in [6.07, 6.45) is -3.87. The van der Waals surface area contributed by atoms with Gasteiger partial charge in [-0.2, -0.15) is 13.2 Å². The van der Waals surface area contributed by atoms with E-state index in [-0.39, 0.29) is 22.6 Å². The molecular weight excluding hydrogens is 389 g/mol. The van der Waals surface area contributed by atoms with Gasteiger partial charge < -0.3 is 19.5 Å². The third-order valence-corrected chi connectivity index (χ3v) is 4.38. The number of amides is 2. The van der Waals surface area contributed by atoms with E-state index in [4.69, 9.17) is 14.2 Å². The lowest BCUT2D eigenvalue weighted by atomic mass is 10.2. The van der Waals surface area contributed by atoms with Gasteiger partial charge >= 0.3 is 12.2 Å². The number of hydrogen-bond acceptors (Lipinski definition) is 7. The normalized spacial score (nSPS) is 16.8. The number of benzene rings is 1. The maximum Gasteiger partial charge on any atom is 0.445 e. The number of nitrogens with one attached hydrogen (secondary N) is 2. The first-order valence-electron chi connectivity index (χ1n) is 7.76. The molecule has 3 rings (SSSR count). The second kappa shape index (κ2) is 7.96. The molecule has 0 aliphatic carbocycles. The lowest BCUT2D eigenvalue weighted by molar-refractivity contribution is -0.138.